The van der Waals surface area contributed by atoms with Crippen molar-refractivity contribution in [1.82, 2.24) is 4.90 Å². The van der Waals surface area contributed by atoms with Gasteiger partial charge < -0.3 is 9.52 Å². The minimum atomic E-state index is -0.250. The van der Waals surface area contributed by atoms with Gasteiger partial charge in [0.15, 0.2) is 5.17 Å². The molecule has 3 aromatic rings. The summed E-state index contributed by atoms with van der Waals surface area (Å²) >= 11 is 11.3. The van der Waals surface area contributed by atoms with E-state index < -0.39 is 0 Å². The van der Waals surface area contributed by atoms with E-state index in [1.165, 1.54) is 16.7 Å². The first-order valence-electron chi connectivity index (χ1n) is 9.19. The van der Waals surface area contributed by atoms with Crippen molar-refractivity contribution in [3.05, 3.63) is 90.0 Å². The molecule has 1 saturated heterocycles. The molecule has 4 rings (SSSR count). The van der Waals surface area contributed by atoms with Crippen molar-refractivity contribution in [2.75, 3.05) is 0 Å². The summed E-state index contributed by atoms with van der Waals surface area (Å²) in [5, 5.41) is 19.2. The number of hydrogen-bond donors (Lipinski definition) is 1. The number of phenolic OH excluding ortho intramolecular Hbond substituents is 1. The van der Waals surface area contributed by atoms with Gasteiger partial charge in [-0.25, -0.2) is 0 Å². The van der Waals surface area contributed by atoms with Crippen LogP contribution in [0.1, 0.15) is 16.9 Å². The Labute approximate surface area is 213 Å². The topological polar surface area (TPSA) is 78.4 Å². The second-order valence-electron chi connectivity index (χ2n) is 6.59. The van der Waals surface area contributed by atoms with Gasteiger partial charge in [0.05, 0.1) is 28.4 Å². The largest absolute Gasteiger partial charge is 0.506 e. The number of carbonyl (C=O) groups is 1. The van der Waals surface area contributed by atoms with Gasteiger partial charge in [-0.15, -0.1) is 5.10 Å². The van der Waals surface area contributed by atoms with Crippen LogP contribution in [0.25, 0.3) is 6.08 Å². The lowest BCUT2D eigenvalue weighted by Gasteiger charge is -2.12. The molecule has 1 N–H and O–H groups in total. The third-order valence-electron chi connectivity index (χ3n) is 4.35. The first-order valence-corrected chi connectivity index (χ1v) is 12.4. The number of rotatable bonds is 5. The third kappa shape index (κ3) is 5.43. The first kappa shape index (κ1) is 23.0. The fourth-order valence-electron chi connectivity index (χ4n) is 2.81. The maximum atomic E-state index is 13.2. The van der Waals surface area contributed by atoms with Crippen LogP contribution in [0.4, 0.5) is 0 Å². The van der Waals surface area contributed by atoms with E-state index in [0.29, 0.717) is 25.9 Å². The van der Waals surface area contributed by atoms with E-state index in [1.807, 2.05) is 24.3 Å². The van der Waals surface area contributed by atoms with Crippen molar-refractivity contribution in [2.24, 2.45) is 10.2 Å². The lowest BCUT2D eigenvalue weighted by Crippen LogP contribution is -2.28. The molecule has 0 bridgehead atoms. The molecular weight excluding hydrogens is 626 g/mol. The van der Waals surface area contributed by atoms with E-state index in [2.05, 4.69) is 58.0 Å². The Morgan fingerprint density at radius 2 is 1.88 bits per heavy atom. The zero-order valence-corrected chi connectivity index (χ0v) is 21.8. The van der Waals surface area contributed by atoms with Crippen LogP contribution in [0, 0.1) is 0 Å². The number of thioether (sulfide) groups is 1. The second kappa shape index (κ2) is 10.2. The number of phenols is 1. The Morgan fingerprint density at radius 1 is 1.09 bits per heavy atom. The van der Waals surface area contributed by atoms with Gasteiger partial charge in [0.25, 0.3) is 5.91 Å². The summed E-state index contributed by atoms with van der Waals surface area (Å²) in [6.45, 7) is 0.219. The van der Waals surface area contributed by atoms with Crippen molar-refractivity contribution >= 4 is 82.9 Å². The number of carbonyl (C=O) groups excluding carboxylic acids is 1. The van der Waals surface area contributed by atoms with Crippen LogP contribution < -0.4 is 0 Å². The number of benzene rings is 2. The Kier molecular flexibility index (Phi) is 7.34. The summed E-state index contributed by atoms with van der Waals surface area (Å²) in [5.74, 6) is 0.419. The smallest absolute Gasteiger partial charge is 0.267 e. The number of nitrogens with zero attached hydrogens (tertiary/aromatic N) is 3. The van der Waals surface area contributed by atoms with E-state index in [1.54, 1.807) is 42.8 Å². The van der Waals surface area contributed by atoms with Crippen LogP contribution in [-0.2, 0) is 11.3 Å². The van der Waals surface area contributed by atoms with E-state index in [9.17, 15) is 9.90 Å². The van der Waals surface area contributed by atoms with Crippen LogP contribution >= 0.6 is 59.6 Å². The highest BCUT2D eigenvalue weighted by Crippen LogP contribution is 2.38. The molecule has 0 radical (unpaired) electrons. The highest BCUT2D eigenvalue weighted by atomic mass is 79.9. The highest BCUT2D eigenvalue weighted by Gasteiger charge is 2.34. The molecule has 162 valence electrons. The number of amides is 1. The molecule has 1 aromatic heterocycles. The molecule has 0 spiro atoms. The molecule has 6 nitrogen and oxygen atoms in total. The normalized spacial score (nSPS) is 16.7. The number of halogens is 3. The van der Waals surface area contributed by atoms with Crippen molar-refractivity contribution in [3.8, 4) is 5.75 Å². The number of aromatic hydroxyl groups is 1. The summed E-state index contributed by atoms with van der Waals surface area (Å²) in [6, 6.07) is 14.6. The molecule has 2 heterocycles. The molecule has 32 heavy (non-hydrogen) atoms. The fraction of sp³-hybridized carbons (Fsp3) is 0.0455. The Bertz CT molecular complexity index is 1240. The molecule has 1 aliphatic heterocycles. The molecule has 0 atom stereocenters. The van der Waals surface area contributed by atoms with Gasteiger partial charge in [-0.2, -0.15) is 5.10 Å². The Morgan fingerprint density at radius 3 is 2.59 bits per heavy atom. The lowest BCUT2D eigenvalue weighted by molar-refractivity contribution is -0.122. The van der Waals surface area contributed by atoms with Gasteiger partial charge in [-0.1, -0.05) is 44.0 Å². The monoisotopic (exact) mass is 637 g/mol. The second-order valence-corrected chi connectivity index (χ2v) is 10.3. The quantitative estimate of drug-likeness (QED) is 0.190. The molecule has 1 fully saturated rings. The maximum Gasteiger partial charge on any atom is 0.267 e. The average molecular weight is 640 g/mol. The predicted molar refractivity (Wildman–Crippen MR) is 138 cm³/mol. The van der Waals surface area contributed by atoms with Gasteiger partial charge in [0.1, 0.15) is 11.5 Å². The van der Waals surface area contributed by atoms with Crippen molar-refractivity contribution < 1.29 is 14.3 Å². The molecule has 1 amide bonds. The standard InChI is InChI=1S/C22H14Br3N3O3S/c23-15-5-3-13(4-6-15)11-26-27-22-28(12-17-2-1-7-31-17)21(30)19(32-22)9-14-8-16(24)10-18(25)20(14)29/h1-11,29H,12H2/b19-9-,26-11+,27-22-. The Balaban J connectivity index is 1.66. The van der Waals surface area contributed by atoms with Gasteiger partial charge in [0.2, 0.25) is 0 Å². The van der Waals surface area contributed by atoms with Crippen LogP contribution in [0.3, 0.4) is 0 Å². The SMILES string of the molecule is O=C1/C(=C/c2cc(Br)cc(Br)c2O)S/C(=N\N=C\c2ccc(Br)cc2)N1Cc1ccco1. The fourth-order valence-corrected chi connectivity index (χ4v) is 5.26. The third-order valence-corrected chi connectivity index (χ3v) is 6.93. The maximum absolute atomic E-state index is 13.2. The summed E-state index contributed by atoms with van der Waals surface area (Å²) < 4.78 is 7.67. The summed E-state index contributed by atoms with van der Waals surface area (Å²) in [4.78, 5) is 15.1. The number of furan rings is 1. The van der Waals surface area contributed by atoms with Crippen molar-refractivity contribution in [2.45, 2.75) is 6.54 Å². The van der Waals surface area contributed by atoms with Crippen LogP contribution in [0.15, 0.2) is 87.7 Å². The average Bonchev–Trinajstić information content (AvgIpc) is 3.37. The summed E-state index contributed by atoms with van der Waals surface area (Å²) in [6.07, 6.45) is 4.81. The lowest BCUT2D eigenvalue weighted by atomic mass is 10.2. The van der Waals surface area contributed by atoms with Crippen molar-refractivity contribution in [1.29, 1.82) is 0 Å². The van der Waals surface area contributed by atoms with Crippen molar-refractivity contribution in [3.63, 3.8) is 0 Å². The predicted octanol–water partition coefficient (Wildman–Crippen LogP) is 6.78. The molecule has 2 aromatic carbocycles. The van der Waals surface area contributed by atoms with Crippen LogP contribution in [-0.4, -0.2) is 27.3 Å². The Hall–Kier alpha value is -2.14. The molecule has 10 heteroatoms. The number of hydrogen-bond acceptors (Lipinski definition) is 6. The van der Waals surface area contributed by atoms with E-state index in [-0.39, 0.29) is 18.2 Å². The first-order chi connectivity index (χ1) is 15.4. The van der Waals surface area contributed by atoms with Gasteiger partial charge in [0, 0.05) is 14.5 Å². The van der Waals surface area contributed by atoms with Gasteiger partial charge >= 0.3 is 0 Å². The molecule has 0 unspecified atom stereocenters. The zero-order valence-electron chi connectivity index (χ0n) is 16.2. The minimum absolute atomic E-state index is 0.0466. The van der Waals surface area contributed by atoms with E-state index >= 15 is 0 Å². The van der Waals surface area contributed by atoms with Gasteiger partial charge in [-0.05, 0) is 75.7 Å². The van der Waals surface area contributed by atoms with Gasteiger partial charge in [-0.3, -0.25) is 9.69 Å². The van der Waals surface area contributed by atoms with E-state index in [0.717, 1.165) is 14.5 Å². The molecule has 1 aliphatic rings. The van der Waals surface area contributed by atoms with Crippen LogP contribution in [0.2, 0.25) is 0 Å². The van der Waals surface area contributed by atoms with E-state index in [4.69, 9.17) is 4.42 Å². The minimum Gasteiger partial charge on any atom is -0.506 e. The zero-order chi connectivity index (χ0) is 22.7. The van der Waals surface area contributed by atoms with Crippen LogP contribution in [0.5, 0.6) is 5.75 Å². The summed E-state index contributed by atoms with van der Waals surface area (Å²) in [5.41, 5.74) is 1.38. The number of amidine groups is 1. The highest BCUT2D eigenvalue weighted by molar-refractivity contribution is 9.11. The summed E-state index contributed by atoms with van der Waals surface area (Å²) in [7, 11) is 0. The molecule has 0 aliphatic carbocycles. The molecular formula is C22H14Br3N3O3S. The molecule has 0 saturated carbocycles.